The van der Waals surface area contributed by atoms with E-state index in [9.17, 15) is 4.79 Å². The van der Waals surface area contributed by atoms with Crippen LogP contribution in [0, 0.1) is 0 Å². The van der Waals surface area contributed by atoms with Crippen LogP contribution in [0.3, 0.4) is 0 Å². The van der Waals surface area contributed by atoms with Crippen molar-refractivity contribution >= 4 is 67.6 Å². The van der Waals surface area contributed by atoms with Crippen molar-refractivity contribution in [2.24, 2.45) is 0 Å². The lowest BCUT2D eigenvalue weighted by Gasteiger charge is -2.04. The van der Waals surface area contributed by atoms with Crippen LogP contribution in [0.4, 0.5) is 5.13 Å². The highest BCUT2D eigenvalue weighted by Crippen LogP contribution is 2.25. The Hall–Kier alpha value is -2.28. The number of nitrogens with zero attached hydrogens (tertiary/aromatic N) is 1. The van der Waals surface area contributed by atoms with Crippen LogP contribution in [0.1, 0.15) is 5.56 Å². The van der Waals surface area contributed by atoms with E-state index in [1.807, 2.05) is 36.4 Å². The maximum Gasteiger partial charge on any atom is 0.250 e. The molecule has 0 saturated carbocycles. The second kappa shape index (κ2) is 7.53. The Kier molecular flexibility index (Phi) is 5.20. The zero-order valence-electron chi connectivity index (χ0n) is 12.3. The second-order valence-electron chi connectivity index (χ2n) is 4.82. The molecule has 24 heavy (non-hydrogen) atoms. The summed E-state index contributed by atoms with van der Waals surface area (Å²) in [7, 11) is 0. The minimum atomic E-state index is -0.316. The molecule has 0 bridgehead atoms. The molecule has 0 aliphatic heterocycles. The fourth-order valence-corrected chi connectivity index (χ4v) is 3.21. The van der Waals surface area contributed by atoms with Gasteiger partial charge in [-0.05, 0) is 48.1 Å². The SMILES string of the molecule is O=C(C=Cc1ccc(Cl)cc1)NC(=S)Nc1nc2ccccc2s1. The molecule has 0 aliphatic rings. The van der Waals surface area contributed by atoms with E-state index in [1.165, 1.54) is 17.4 Å². The summed E-state index contributed by atoms with van der Waals surface area (Å²) in [4.78, 5) is 16.3. The number of amides is 1. The molecular weight excluding hydrogens is 362 g/mol. The molecule has 0 radical (unpaired) electrons. The predicted octanol–water partition coefficient (Wildman–Crippen LogP) is 4.48. The van der Waals surface area contributed by atoms with Crippen molar-refractivity contribution in [1.29, 1.82) is 0 Å². The van der Waals surface area contributed by atoms with Crippen molar-refractivity contribution < 1.29 is 4.79 Å². The highest BCUT2D eigenvalue weighted by atomic mass is 35.5. The van der Waals surface area contributed by atoms with E-state index in [1.54, 1.807) is 18.2 Å². The summed E-state index contributed by atoms with van der Waals surface area (Å²) in [5.74, 6) is -0.316. The number of thiazole rings is 1. The second-order valence-corrected chi connectivity index (χ2v) is 6.69. The average molecular weight is 374 g/mol. The maximum absolute atomic E-state index is 11.9. The van der Waals surface area contributed by atoms with Crippen molar-refractivity contribution in [3.8, 4) is 0 Å². The molecule has 1 heterocycles. The molecule has 2 N–H and O–H groups in total. The first kappa shape index (κ1) is 16.6. The van der Waals surface area contributed by atoms with E-state index in [4.69, 9.17) is 23.8 Å². The molecule has 3 rings (SSSR count). The Bertz CT molecular complexity index is 886. The van der Waals surface area contributed by atoms with Crippen molar-refractivity contribution in [3.63, 3.8) is 0 Å². The number of nitrogens with one attached hydrogen (secondary N) is 2. The van der Waals surface area contributed by atoms with Crippen LogP contribution in [0.2, 0.25) is 5.02 Å². The lowest BCUT2D eigenvalue weighted by Crippen LogP contribution is -2.32. The molecule has 1 amide bonds. The maximum atomic E-state index is 11.9. The molecule has 0 atom stereocenters. The van der Waals surface area contributed by atoms with Gasteiger partial charge in [0.15, 0.2) is 10.2 Å². The normalized spacial score (nSPS) is 10.9. The number of carbonyl (C=O) groups is 1. The number of fused-ring (bicyclic) bond motifs is 1. The van der Waals surface area contributed by atoms with E-state index >= 15 is 0 Å². The van der Waals surface area contributed by atoms with Crippen LogP contribution in [0.25, 0.3) is 16.3 Å². The van der Waals surface area contributed by atoms with Gasteiger partial charge >= 0.3 is 0 Å². The number of rotatable bonds is 3. The number of hydrogen-bond acceptors (Lipinski definition) is 4. The van der Waals surface area contributed by atoms with Gasteiger partial charge in [0.2, 0.25) is 5.91 Å². The fraction of sp³-hybridized carbons (Fsp3) is 0. The van der Waals surface area contributed by atoms with Crippen LogP contribution >= 0.6 is 35.2 Å². The van der Waals surface area contributed by atoms with Gasteiger partial charge in [-0.2, -0.15) is 0 Å². The Morgan fingerprint density at radius 1 is 1.17 bits per heavy atom. The smallest absolute Gasteiger partial charge is 0.250 e. The van der Waals surface area contributed by atoms with Crippen LogP contribution in [-0.2, 0) is 4.79 Å². The van der Waals surface area contributed by atoms with Crippen molar-refractivity contribution in [3.05, 3.63) is 65.2 Å². The molecule has 3 aromatic rings. The number of anilines is 1. The molecule has 4 nitrogen and oxygen atoms in total. The molecule has 120 valence electrons. The summed E-state index contributed by atoms with van der Waals surface area (Å²) >= 11 is 12.4. The third-order valence-electron chi connectivity index (χ3n) is 3.05. The summed E-state index contributed by atoms with van der Waals surface area (Å²) in [5.41, 5.74) is 1.77. The Balaban J connectivity index is 1.57. The number of para-hydroxylation sites is 1. The van der Waals surface area contributed by atoms with Crippen LogP contribution in [-0.4, -0.2) is 16.0 Å². The molecule has 2 aromatic carbocycles. The summed E-state index contributed by atoms with van der Waals surface area (Å²) in [6, 6.07) is 15.0. The van der Waals surface area contributed by atoms with Crippen LogP contribution in [0.5, 0.6) is 0 Å². The molecule has 0 fully saturated rings. The third kappa shape index (κ3) is 4.38. The molecule has 1 aromatic heterocycles. The number of hydrogen-bond donors (Lipinski definition) is 2. The van der Waals surface area contributed by atoms with Gasteiger partial charge in [0, 0.05) is 11.1 Å². The van der Waals surface area contributed by atoms with Gasteiger partial charge in [-0.1, -0.05) is 47.2 Å². The Morgan fingerprint density at radius 2 is 1.92 bits per heavy atom. The van der Waals surface area contributed by atoms with Crippen molar-refractivity contribution in [1.82, 2.24) is 10.3 Å². The predicted molar refractivity (Wildman–Crippen MR) is 104 cm³/mol. The van der Waals surface area contributed by atoms with Gasteiger partial charge in [-0.25, -0.2) is 4.98 Å². The highest BCUT2D eigenvalue weighted by molar-refractivity contribution is 7.80. The van der Waals surface area contributed by atoms with Crippen LogP contribution in [0.15, 0.2) is 54.6 Å². The zero-order valence-corrected chi connectivity index (χ0v) is 14.7. The first-order chi connectivity index (χ1) is 11.6. The van der Waals surface area contributed by atoms with Gasteiger partial charge in [0.05, 0.1) is 10.2 Å². The summed E-state index contributed by atoms with van der Waals surface area (Å²) in [5, 5.41) is 7.01. The van der Waals surface area contributed by atoms with E-state index < -0.39 is 0 Å². The summed E-state index contributed by atoms with van der Waals surface area (Å²) in [6.45, 7) is 0. The average Bonchev–Trinajstić information content (AvgIpc) is 2.96. The van der Waals surface area contributed by atoms with E-state index in [0.29, 0.717) is 10.2 Å². The van der Waals surface area contributed by atoms with Crippen molar-refractivity contribution in [2.75, 3.05) is 5.32 Å². The number of halogens is 1. The fourth-order valence-electron chi connectivity index (χ4n) is 1.95. The van der Waals surface area contributed by atoms with Crippen molar-refractivity contribution in [2.45, 2.75) is 0 Å². The Morgan fingerprint density at radius 3 is 2.67 bits per heavy atom. The van der Waals surface area contributed by atoms with E-state index in [-0.39, 0.29) is 11.0 Å². The lowest BCUT2D eigenvalue weighted by atomic mass is 10.2. The van der Waals surface area contributed by atoms with Gasteiger partial charge in [-0.3, -0.25) is 10.1 Å². The minimum Gasteiger partial charge on any atom is -0.308 e. The molecule has 7 heteroatoms. The van der Waals surface area contributed by atoms with Gasteiger partial charge in [0.1, 0.15) is 0 Å². The molecule has 0 unspecified atom stereocenters. The highest BCUT2D eigenvalue weighted by Gasteiger charge is 2.06. The zero-order chi connectivity index (χ0) is 16.9. The quantitative estimate of drug-likeness (QED) is 0.525. The molecule has 0 aliphatic carbocycles. The summed E-state index contributed by atoms with van der Waals surface area (Å²) < 4.78 is 1.05. The topological polar surface area (TPSA) is 54.0 Å². The summed E-state index contributed by atoms with van der Waals surface area (Å²) in [6.07, 6.45) is 3.10. The number of benzene rings is 2. The van der Waals surface area contributed by atoms with Gasteiger partial charge in [-0.15, -0.1) is 0 Å². The minimum absolute atomic E-state index is 0.208. The van der Waals surface area contributed by atoms with E-state index in [2.05, 4.69) is 15.6 Å². The van der Waals surface area contributed by atoms with E-state index in [0.717, 1.165) is 15.8 Å². The standard InChI is InChI=1S/C17H12ClN3OS2/c18-12-8-5-11(6-9-12)7-10-15(22)20-16(23)21-17-19-13-3-1-2-4-14(13)24-17/h1-10H,(H2,19,20,21,22,23). The number of thiocarbonyl (C=S) groups is 1. The monoisotopic (exact) mass is 373 g/mol. The third-order valence-corrected chi connectivity index (χ3v) is 4.46. The first-order valence-electron chi connectivity index (χ1n) is 7.01. The molecule has 0 saturated heterocycles. The number of carbonyl (C=O) groups excluding carboxylic acids is 1. The van der Waals surface area contributed by atoms with Crippen LogP contribution < -0.4 is 10.6 Å². The lowest BCUT2D eigenvalue weighted by molar-refractivity contribution is -0.115. The molecular formula is C17H12ClN3OS2. The largest absolute Gasteiger partial charge is 0.308 e. The van der Waals surface area contributed by atoms with Gasteiger partial charge in [0.25, 0.3) is 0 Å². The molecule has 0 spiro atoms. The number of aromatic nitrogens is 1. The van der Waals surface area contributed by atoms with Gasteiger partial charge < -0.3 is 5.32 Å². The Labute approximate surface area is 153 Å². The first-order valence-corrected chi connectivity index (χ1v) is 8.61.